The highest BCUT2D eigenvalue weighted by molar-refractivity contribution is 5.69. The van der Waals surface area contributed by atoms with E-state index in [1.54, 1.807) is 14.2 Å². The lowest BCUT2D eigenvalue weighted by Crippen LogP contribution is -2.29. The summed E-state index contributed by atoms with van der Waals surface area (Å²) in [6.07, 6.45) is 24.1. The number of carbonyl (C=O) groups excluding carboxylic acids is 1. The molecule has 1 aliphatic carbocycles. The molecule has 5 heteroatoms. The second-order valence-corrected chi connectivity index (χ2v) is 11.1. The first-order valence-electron chi connectivity index (χ1n) is 15.6. The summed E-state index contributed by atoms with van der Waals surface area (Å²) < 4.78 is 16.4. The molecule has 0 bridgehead atoms. The molecule has 0 heterocycles. The lowest BCUT2D eigenvalue weighted by Gasteiger charge is -2.23. The van der Waals surface area contributed by atoms with Crippen molar-refractivity contribution in [1.82, 2.24) is 4.90 Å². The number of methoxy groups -OCH3 is 2. The number of carbonyl (C=O) groups is 1. The molecule has 214 valence electrons. The van der Waals surface area contributed by atoms with Crippen molar-refractivity contribution < 1.29 is 19.0 Å². The molecule has 1 atom stereocenters. The Morgan fingerprint density at radius 2 is 1.28 bits per heavy atom. The maximum absolute atomic E-state index is 12.4. The number of hydrogen-bond donors (Lipinski definition) is 0. The molecule has 36 heavy (non-hydrogen) atoms. The topological polar surface area (TPSA) is 48.0 Å². The Bertz CT molecular complexity index is 493. The van der Waals surface area contributed by atoms with Gasteiger partial charge in [-0.25, -0.2) is 0 Å². The Labute approximate surface area is 224 Å². The third kappa shape index (κ3) is 18.6. The van der Waals surface area contributed by atoms with Gasteiger partial charge in [-0.05, 0) is 70.4 Å². The highest BCUT2D eigenvalue weighted by Gasteiger charge is 2.28. The average molecular weight is 512 g/mol. The van der Waals surface area contributed by atoms with Crippen molar-refractivity contribution in [3.05, 3.63) is 0 Å². The second-order valence-electron chi connectivity index (χ2n) is 11.1. The minimum Gasteiger partial charge on any atom is -0.465 e. The Morgan fingerprint density at radius 3 is 1.89 bits per heavy atom. The van der Waals surface area contributed by atoms with E-state index in [-0.39, 0.29) is 12.3 Å². The van der Waals surface area contributed by atoms with Crippen LogP contribution in [0.4, 0.5) is 0 Å². The van der Waals surface area contributed by atoms with Gasteiger partial charge in [0.05, 0.1) is 6.61 Å². The summed E-state index contributed by atoms with van der Waals surface area (Å²) in [5.41, 5.74) is 0. The molecular weight excluding hydrogens is 450 g/mol. The molecule has 0 spiro atoms. The first-order chi connectivity index (χ1) is 17.6. The van der Waals surface area contributed by atoms with Crippen LogP contribution in [0.2, 0.25) is 0 Å². The molecule has 0 aromatic carbocycles. The summed E-state index contributed by atoms with van der Waals surface area (Å²) in [7, 11) is 3.42. The zero-order valence-corrected chi connectivity index (χ0v) is 24.6. The molecule has 1 rings (SSSR count). The van der Waals surface area contributed by atoms with Crippen molar-refractivity contribution in [2.45, 2.75) is 155 Å². The normalized spacial score (nSPS) is 14.6. The molecule has 1 aliphatic rings. The third-order valence-electron chi connectivity index (χ3n) is 7.71. The van der Waals surface area contributed by atoms with Crippen molar-refractivity contribution in [3.8, 4) is 0 Å². The van der Waals surface area contributed by atoms with Crippen LogP contribution in [0.15, 0.2) is 0 Å². The maximum atomic E-state index is 12.4. The van der Waals surface area contributed by atoms with Gasteiger partial charge in [-0.3, -0.25) is 4.79 Å². The van der Waals surface area contributed by atoms with Crippen molar-refractivity contribution in [3.63, 3.8) is 0 Å². The summed E-state index contributed by atoms with van der Waals surface area (Å²) in [6, 6.07) is 0.777. The van der Waals surface area contributed by atoms with Gasteiger partial charge >= 0.3 is 5.97 Å². The van der Waals surface area contributed by atoms with Gasteiger partial charge in [-0.2, -0.15) is 0 Å². The van der Waals surface area contributed by atoms with Gasteiger partial charge in [0.2, 0.25) is 0 Å². The Morgan fingerprint density at radius 1 is 0.722 bits per heavy atom. The van der Waals surface area contributed by atoms with E-state index in [4.69, 9.17) is 14.2 Å². The van der Waals surface area contributed by atoms with E-state index in [0.29, 0.717) is 18.9 Å². The van der Waals surface area contributed by atoms with Crippen molar-refractivity contribution in [2.75, 3.05) is 33.9 Å². The predicted molar refractivity (Wildman–Crippen MR) is 151 cm³/mol. The smallest absolute Gasteiger partial charge is 0.305 e. The summed E-state index contributed by atoms with van der Waals surface area (Å²) >= 11 is 0. The number of hydrogen-bond acceptors (Lipinski definition) is 5. The number of ether oxygens (including phenoxy) is 3. The molecule has 1 saturated carbocycles. The fourth-order valence-electron chi connectivity index (χ4n) is 5.14. The minimum atomic E-state index is -0.0844. The van der Waals surface area contributed by atoms with E-state index in [1.807, 2.05) is 0 Å². The molecular formula is C31H61NO4. The summed E-state index contributed by atoms with van der Waals surface area (Å²) in [4.78, 5) is 15.0. The number of nitrogens with zero attached hydrogens (tertiary/aromatic N) is 1. The maximum Gasteiger partial charge on any atom is 0.305 e. The Hall–Kier alpha value is -0.650. The van der Waals surface area contributed by atoms with Gasteiger partial charge in [-0.15, -0.1) is 0 Å². The molecule has 0 aromatic rings. The quantitative estimate of drug-likeness (QED) is 0.0630. The van der Waals surface area contributed by atoms with E-state index >= 15 is 0 Å². The highest BCUT2D eigenvalue weighted by atomic mass is 16.7. The van der Waals surface area contributed by atoms with E-state index < -0.39 is 0 Å². The van der Waals surface area contributed by atoms with E-state index in [1.165, 1.54) is 96.3 Å². The second kappa shape index (κ2) is 23.5. The van der Waals surface area contributed by atoms with E-state index in [9.17, 15) is 4.79 Å². The van der Waals surface area contributed by atoms with Crippen LogP contribution >= 0.6 is 0 Å². The van der Waals surface area contributed by atoms with Crippen LogP contribution < -0.4 is 0 Å². The van der Waals surface area contributed by atoms with Gasteiger partial charge < -0.3 is 19.1 Å². The first kappa shape index (κ1) is 33.4. The molecule has 1 fully saturated rings. The number of unbranched alkanes of at least 4 members (excludes halogenated alkanes) is 10. The van der Waals surface area contributed by atoms with Crippen LogP contribution in [-0.2, 0) is 19.0 Å². The molecule has 0 saturated heterocycles. The third-order valence-corrected chi connectivity index (χ3v) is 7.71. The van der Waals surface area contributed by atoms with Crippen molar-refractivity contribution in [1.29, 1.82) is 0 Å². The summed E-state index contributed by atoms with van der Waals surface area (Å²) in [5.74, 6) is 0.570. The van der Waals surface area contributed by atoms with Crippen LogP contribution in [0.25, 0.3) is 0 Å². The monoisotopic (exact) mass is 511 g/mol. The summed E-state index contributed by atoms with van der Waals surface area (Å²) in [5, 5.41) is 0. The van der Waals surface area contributed by atoms with Gasteiger partial charge in [0.1, 0.15) is 0 Å². The molecule has 0 aromatic heterocycles. The van der Waals surface area contributed by atoms with Crippen LogP contribution in [0.1, 0.15) is 142 Å². The van der Waals surface area contributed by atoms with Crippen LogP contribution in [0, 0.1) is 5.92 Å². The SMILES string of the molecule is CCCCCCCCC(CCCCCC)COC(=O)CCCCCN(CCCC(OC)OC)C1CC1. The van der Waals surface area contributed by atoms with Gasteiger partial charge in [-0.1, -0.05) is 84.5 Å². The lowest BCUT2D eigenvalue weighted by atomic mass is 9.95. The predicted octanol–water partition coefficient (Wildman–Crippen LogP) is 8.29. The lowest BCUT2D eigenvalue weighted by molar-refractivity contribution is -0.145. The molecule has 5 nitrogen and oxygen atoms in total. The fraction of sp³-hybridized carbons (Fsp3) is 0.968. The minimum absolute atomic E-state index is 0.0146. The van der Waals surface area contributed by atoms with Crippen LogP contribution in [0.3, 0.4) is 0 Å². The highest BCUT2D eigenvalue weighted by Crippen LogP contribution is 2.27. The van der Waals surface area contributed by atoms with Crippen molar-refractivity contribution in [2.24, 2.45) is 5.92 Å². The molecule has 0 radical (unpaired) electrons. The average Bonchev–Trinajstić information content (AvgIpc) is 3.73. The Kier molecular flexibility index (Phi) is 21.8. The zero-order valence-electron chi connectivity index (χ0n) is 24.6. The largest absolute Gasteiger partial charge is 0.465 e. The summed E-state index contributed by atoms with van der Waals surface area (Å²) in [6.45, 7) is 7.43. The zero-order chi connectivity index (χ0) is 26.3. The molecule has 0 aliphatic heterocycles. The first-order valence-corrected chi connectivity index (χ1v) is 15.6. The fourth-order valence-corrected chi connectivity index (χ4v) is 5.14. The van der Waals surface area contributed by atoms with Gasteiger partial charge in [0.15, 0.2) is 6.29 Å². The standard InChI is InChI=1S/C31H61NO4/c1-5-7-9-11-12-15-20-28(19-14-10-8-6-2)27-36-30(33)21-16-13-17-25-32(29-23-24-29)26-18-22-31(34-3)35-4/h28-29,31H,5-27H2,1-4H3. The van der Waals surface area contributed by atoms with Gasteiger partial charge in [0, 0.05) is 26.7 Å². The Balaban J connectivity index is 2.17. The van der Waals surface area contributed by atoms with Crippen molar-refractivity contribution >= 4 is 5.97 Å². The number of rotatable bonds is 27. The van der Waals surface area contributed by atoms with Crippen LogP contribution in [-0.4, -0.2) is 57.1 Å². The molecule has 1 unspecified atom stereocenters. The van der Waals surface area contributed by atoms with E-state index in [0.717, 1.165) is 44.8 Å². The van der Waals surface area contributed by atoms with Gasteiger partial charge in [0.25, 0.3) is 0 Å². The molecule has 0 N–H and O–H groups in total. The number of esters is 1. The van der Waals surface area contributed by atoms with Crippen LogP contribution in [0.5, 0.6) is 0 Å². The molecule has 0 amide bonds. The van der Waals surface area contributed by atoms with E-state index in [2.05, 4.69) is 18.7 Å².